The SMILES string of the molecule is CC(O)CN(CC(=O)NC(=O)NCc1ccco1)c1ccccc1. The molecule has 2 aromatic rings. The Morgan fingerprint density at radius 1 is 1.21 bits per heavy atom. The number of amides is 3. The molecule has 1 aromatic carbocycles. The van der Waals surface area contributed by atoms with Crippen LogP contribution in [0.3, 0.4) is 0 Å². The van der Waals surface area contributed by atoms with Gasteiger partial charge in [0.1, 0.15) is 5.76 Å². The highest BCUT2D eigenvalue weighted by Crippen LogP contribution is 2.13. The van der Waals surface area contributed by atoms with Gasteiger partial charge in [0.15, 0.2) is 0 Å². The second-order valence-corrected chi connectivity index (χ2v) is 5.38. The van der Waals surface area contributed by atoms with Crippen LogP contribution >= 0.6 is 0 Å². The normalized spacial score (nSPS) is 11.6. The van der Waals surface area contributed by atoms with E-state index in [1.165, 1.54) is 6.26 Å². The van der Waals surface area contributed by atoms with Crippen LogP contribution in [-0.4, -0.2) is 36.2 Å². The largest absolute Gasteiger partial charge is 0.467 e. The molecule has 3 N–H and O–H groups in total. The predicted molar refractivity (Wildman–Crippen MR) is 89.4 cm³/mol. The summed E-state index contributed by atoms with van der Waals surface area (Å²) in [6.07, 6.45) is 0.902. The number of rotatable bonds is 7. The zero-order valence-corrected chi connectivity index (χ0v) is 13.4. The molecular weight excluding hydrogens is 310 g/mol. The second-order valence-electron chi connectivity index (χ2n) is 5.38. The fourth-order valence-corrected chi connectivity index (χ4v) is 2.18. The topological polar surface area (TPSA) is 94.8 Å². The molecule has 128 valence electrons. The van der Waals surface area contributed by atoms with Crippen LogP contribution in [0, 0.1) is 0 Å². The van der Waals surface area contributed by atoms with Crippen molar-refractivity contribution in [1.29, 1.82) is 0 Å². The lowest BCUT2D eigenvalue weighted by atomic mass is 10.2. The smallest absolute Gasteiger partial charge is 0.321 e. The summed E-state index contributed by atoms with van der Waals surface area (Å²) < 4.78 is 5.09. The molecule has 0 saturated heterocycles. The molecule has 0 radical (unpaired) electrons. The van der Waals surface area contributed by atoms with Crippen LogP contribution in [0.1, 0.15) is 12.7 Å². The molecule has 0 aliphatic carbocycles. The highest BCUT2D eigenvalue weighted by Gasteiger charge is 2.15. The molecule has 0 aliphatic heterocycles. The Morgan fingerprint density at radius 2 is 1.96 bits per heavy atom. The summed E-state index contributed by atoms with van der Waals surface area (Å²) in [7, 11) is 0. The first-order valence-electron chi connectivity index (χ1n) is 7.62. The van der Waals surface area contributed by atoms with Gasteiger partial charge in [0.25, 0.3) is 0 Å². The first-order valence-corrected chi connectivity index (χ1v) is 7.62. The average molecular weight is 331 g/mol. The quantitative estimate of drug-likeness (QED) is 0.714. The minimum Gasteiger partial charge on any atom is -0.467 e. The monoisotopic (exact) mass is 331 g/mol. The van der Waals surface area contributed by atoms with Gasteiger partial charge in [-0.1, -0.05) is 18.2 Å². The molecule has 24 heavy (non-hydrogen) atoms. The molecular formula is C17H21N3O4. The standard InChI is InChI=1S/C17H21N3O4/c1-13(21)11-20(14-6-3-2-4-7-14)12-16(22)19-17(23)18-10-15-8-5-9-24-15/h2-9,13,21H,10-12H2,1H3,(H2,18,19,22,23). The van der Waals surface area contributed by atoms with E-state index in [0.717, 1.165) is 5.69 Å². The number of nitrogens with zero attached hydrogens (tertiary/aromatic N) is 1. The van der Waals surface area contributed by atoms with Gasteiger partial charge in [-0.25, -0.2) is 4.79 Å². The number of hydrogen-bond donors (Lipinski definition) is 3. The number of urea groups is 1. The van der Waals surface area contributed by atoms with Crippen molar-refractivity contribution in [3.63, 3.8) is 0 Å². The molecule has 1 atom stereocenters. The number of furan rings is 1. The van der Waals surface area contributed by atoms with E-state index in [2.05, 4.69) is 10.6 Å². The molecule has 1 heterocycles. The number of hydrogen-bond acceptors (Lipinski definition) is 5. The minimum absolute atomic E-state index is 0.0386. The van der Waals surface area contributed by atoms with E-state index in [1.54, 1.807) is 24.0 Å². The molecule has 0 bridgehead atoms. The summed E-state index contributed by atoms with van der Waals surface area (Å²) in [5.74, 6) is 0.133. The van der Waals surface area contributed by atoms with Crippen LogP contribution in [-0.2, 0) is 11.3 Å². The number of carbonyl (C=O) groups excluding carboxylic acids is 2. The lowest BCUT2D eigenvalue weighted by Crippen LogP contribution is -2.45. The number of nitrogens with one attached hydrogen (secondary N) is 2. The minimum atomic E-state index is -0.606. The van der Waals surface area contributed by atoms with Crippen LogP contribution in [0.2, 0.25) is 0 Å². The second kappa shape index (κ2) is 8.73. The third-order valence-electron chi connectivity index (χ3n) is 3.20. The van der Waals surface area contributed by atoms with Gasteiger partial charge >= 0.3 is 6.03 Å². The Balaban J connectivity index is 1.86. The first kappa shape index (κ1) is 17.6. The number of para-hydroxylation sites is 1. The summed E-state index contributed by atoms with van der Waals surface area (Å²) in [6.45, 7) is 2.08. The summed E-state index contributed by atoms with van der Waals surface area (Å²) in [5.41, 5.74) is 0.796. The van der Waals surface area contributed by atoms with Crippen molar-refractivity contribution in [1.82, 2.24) is 10.6 Å². The van der Waals surface area contributed by atoms with E-state index in [9.17, 15) is 14.7 Å². The van der Waals surface area contributed by atoms with Crippen molar-refractivity contribution >= 4 is 17.6 Å². The predicted octanol–water partition coefficient (Wildman–Crippen LogP) is 1.49. The first-order chi connectivity index (χ1) is 11.5. The van der Waals surface area contributed by atoms with Gasteiger partial charge in [-0.05, 0) is 31.2 Å². The van der Waals surface area contributed by atoms with E-state index in [0.29, 0.717) is 5.76 Å². The highest BCUT2D eigenvalue weighted by atomic mass is 16.3. The number of anilines is 1. The molecule has 0 fully saturated rings. The number of imide groups is 1. The maximum absolute atomic E-state index is 12.1. The third kappa shape index (κ3) is 5.77. The third-order valence-corrected chi connectivity index (χ3v) is 3.20. The number of aliphatic hydroxyl groups is 1. The summed E-state index contributed by atoms with van der Waals surface area (Å²) >= 11 is 0. The molecule has 0 saturated carbocycles. The van der Waals surface area contributed by atoms with Crippen molar-refractivity contribution in [2.75, 3.05) is 18.0 Å². The maximum atomic E-state index is 12.1. The van der Waals surface area contributed by atoms with Crippen molar-refractivity contribution in [3.05, 3.63) is 54.5 Å². The Kier molecular flexibility index (Phi) is 6.39. The molecule has 1 aromatic heterocycles. The van der Waals surface area contributed by atoms with Gasteiger partial charge in [-0.15, -0.1) is 0 Å². The van der Waals surface area contributed by atoms with E-state index < -0.39 is 18.0 Å². The highest BCUT2D eigenvalue weighted by molar-refractivity contribution is 5.96. The fraction of sp³-hybridized carbons (Fsp3) is 0.294. The van der Waals surface area contributed by atoms with Crippen LogP contribution in [0.4, 0.5) is 10.5 Å². The van der Waals surface area contributed by atoms with Gasteiger partial charge in [0, 0.05) is 12.2 Å². The van der Waals surface area contributed by atoms with E-state index >= 15 is 0 Å². The lowest BCUT2D eigenvalue weighted by Gasteiger charge is -2.25. The Hall–Kier alpha value is -2.80. The number of carbonyl (C=O) groups is 2. The summed E-state index contributed by atoms with van der Waals surface area (Å²) in [6, 6.07) is 12.1. The maximum Gasteiger partial charge on any atom is 0.321 e. The van der Waals surface area contributed by atoms with Gasteiger partial charge < -0.3 is 19.7 Å². The van der Waals surface area contributed by atoms with Crippen LogP contribution < -0.4 is 15.5 Å². The van der Waals surface area contributed by atoms with Crippen molar-refractivity contribution in [3.8, 4) is 0 Å². The van der Waals surface area contributed by atoms with Gasteiger partial charge in [0.2, 0.25) is 5.91 Å². The van der Waals surface area contributed by atoms with E-state index in [-0.39, 0.29) is 19.6 Å². The molecule has 3 amide bonds. The van der Waals surface area contributed by atoms with Crippen molar-refractivity contribution < 1.29 is 19.1 Å². The summed E-state index contributed by atoms with van der Waals surface area (Å²) in [5, 5.41) is 14.4. The van der Waals surface area contributed by atoms with Crippen LogP contribution in [0.25, 0.3) is 0 Å². The van der Waals surface area contributed by atoms with E-state index in [1.807, 2.05) is 30.3 Å². The number of aliphatic hydroxyl groups excluding tert-OH is 1. The van der Waals surface area contributed by atoms with Crippen molar-refractivity contribution in [2.45, 2.75) is 19.6 Å². The Bertz CT molecular complexity index is 641. The lowest BCUT2D eigenvalue weighted by molar-refractivity contribution is -0.118. The van der Waals surface area contributed by atoms with Gasteiger partial charge in [-0.2, -0.15) is 0 Å². The van der Waals surface area contributed by atoms with Gasteiger partial charge in [0.05, 0.1) is 25.5 Å². The molecule has 7 heteroatoms. The molecule has 0 aliphatic rings. The number of benzene rings is 1. The Morgan fingerprint density at radius 3 is 2.58 bits per heavy atom. The zero-order valence-electron chi connectivity index (χ0n) is 13.4. The molecule has 2 rings (SSSR count). The zero-order chi connectivity index (χ0) is 17.4. The average Bonchev–Trinajstić information content (AvgIpc) is 3.06. The van der Waals surface area contributed by atoms with Crippen LogP contribution in [0.15, 0.2) is 53.1 Å². The fourth-order valence-electron chi connectivity index (χ4n) is 2.18. The van der Waals surface area contributed by atoms with Crippen LogP contribution in [0.5, 0.6) is 0 Å². The molecule has 1 unspecified atom stereocenters. The molecule has 7 nitrogen and oxygen atoms in total. The van der Waals surface area contributed by atoms with Crippen molar-refractivity contribution in [2.24, 2.45) is 0 Å². The Labute approximate surface area is 140 Å². The molecule has 0 spiro atoms. The summed E-state index contributed by atoms with van der Waals surface area (Å²) in [4.78, 5) is 25.5. The van der Waals surface area contributed by atoms with Gasteiger partial charge in [-0.3, -0.25) is 10.1 Å². The van der Waals surface area contributed by atoms with E-state index in [4.69, 9.17) is 4.42 Å².